The highest BCUT2D eigenvalue weighted by Gasteiger charge is 2.47. The van der Waals surface area contributed by atoms with Crippen LogP contribution in [0.2, 0.25) is 0 Å². The molecule has 0 spiro atoms. The Morgan fingerprint density at radius 2 is 0.790 bits per heavy atom. The Hall–Kier alpha value is -7.68. The van der Waals surface area contributed by atoms with E-state index in [9.17, 15) is 0 Å². The van der Waals surface area contributed by atoms with Gasteiger partial charge in [0.25, 0.3) is 0 Å². The van der Waals surface area contributed by atoms with Crippen molar-refractivity contribution in [1.82, 2.24) is 0 Å². The first-order valence-electron chi connectivity index (χ1n) is 21.7. The minimum atomic E-state index is -0.498. The summed E-state index contributed by atoms with van der Waals surface area (Å²) in [6.45, 7) is 4.84. The zero-order valence-electron chi connectivity index (χ0n) is 34.8. The van der Waals surface area contributed by atoms with Crippen molar-refractivity contribution in [3.63, 3.8) is 0 Å². The van der Waals surface area contributed by atoms with Gasteiger partial charge in [-0.25, -0.2) is 0 Å². The van der Waals surface area contributed by atoms with E-state index in [2.05, 4.69) is 254 Å². The molecular weight excluding hydrogens is 749 g/mol. The second-order valence-corrected chi connectivity index (χ2v) is 17.3. The van der Waals surface area contributed by atoms with Crippen molar-refractivity contribution in [3.05, 3.63) is 264 Å². The molecule has 1 aliphatic carbocycles. The Bertz CT molecular complexity index is 3220. The molecule has 1 heterocycles. The molecule has 294 valence electrons. The summed E-state index contributed by atoms with van der Waals surface area (Å²) in [5, 5.41) is 4.89. The summed E-state index contributed by atoms with van der Waals surface area (Å²) >= 11 is 0. The molecule has 2 heteroatoms. The Morgan fingerprint density at radius 3 is 1.39 bits per heavy atom. The van der Waals surface area contributed by atoms with Crippen LogP contribution in [0, 0.1) is 0 Å². The molecule has 0 unspecified atom stereocenters. The van der Waals surface area contributed by atoms with Crippen LogP contribution in [0.25, 0.3) is 32.7 Å². The molecule has 0 bridgehead atoms. The van der Waals surface area contributed by atoms with Crippen molar-refractivity contribution in [2.75, 3.05) is 9.80 Å². The van der Waals surface area contributed by atoms with Crippen molar-refractivity contribution in [3.8, 4) is 11.1 Å². The van der Waals surface area contributed by atoms with Gasteiger partial charge in [-0.2, -0.15) is 0 Å². The van der Waals surface area contributed by atoms with Gasteiger partial charge in [0, 0.05) is 28.2 Å². The number of fused-ring (bicyclic) bond motifs is 7. The fraction of sp³-hybridized carbons (Fsp3) is 0.0667. The highest BCUT2D eigenvalue weighted by Crippen LogP contribution is 2.59. The van der Waals surface area contributed by atoms with Crippen molar-refractivity contribution >= 4 is 55.7 Å². The first-order chi connectivity index (χ1) is 30.5. The second-order valence-electron chi connectivity index (χ2n) is 17.3. The average molecular weight is 793 g/mol. The maximum Gasteiger partial charge on any atom is 0.0713 e. The molecule has 2 nitrogen and oxygen atoms in total. The highest BCUT2D eigenvalue weighted by atomic mass is 15.2. The van der Waals surface area contributed by atoms with Crippen LogP contribution in [0.1, 0.15) is 47.2 Å². The van der Waals surface area contributed by atoms with Crippen LogP contribution in [0.4, 0.5) is 34.1 Å². The van der Waals surface area contributed by atoms with Gasteiger partial charge in [0.15, 0.2) is 0 Å². The molecule has 62 heavy (non-hydrogen) atoms. The number of nitrogens with zero attached hydrogens (tertiary/aromatic N) is 2. The number of benzene rings is 10. The van der Waals surface area contributed by atoms with Crippen LogP contribution < -0.4 is 9.80 Å². The summed E-state index contributed by atoms with van der Waals surface area (Å²) < 4.78 is 0. The molecule has 0 atom stereocenters. The summed E-state index contributed by atoms with van der Waals surface area (Å²) in [5.74, 6) is 0. The van der Waals surface area contributed by atoms with Crippen LogP contribution in [-0.2, 0) is 10.8 Å². The van der Waals surface area contributed by atoms with Crippen LogP contribution in [0.5, 0.6) is 0 Å². The van der Waals surface area contributed by atoms with Crippen molar-refractivity contribution in [2.24, 2.45) is 0 Å². The molecule has 0 amide bonds. The molecule has 0 fully saturated rings. The lowest BCUT2D eigenvalue weighted by atomic mass is 9.65. The fourth-order valence-electron chi connectivity index (χ4n) is 10.7. The molecule has 12 rings (SSSR count). The summed E-state index contributed by atoms with van der Waals surface area (Å²) in [6.07, 6.45) is 0. The quantitative estimate of drug-likeness (QED) is 0.165. The van der Waals surface area contributed by atoms with Gasteiger partial charge in [0.05, 0.1) is 16.8 Å². The molecule has 0 saturated carbocycles. The van der Waals surface area contributed by atoms with Gasteiger partial charge in [0.2, 0.25) is 0 Å². The maximum atomic E-state index is 2.54. The number of anilines is 6. The lowest BCUT2D eigenvalue weighted by molar-refractivity contribution is 0.627. The summed E-state index contributed by atoms with van der Waals surface area (Å²) in [7, 11) is 0. The first kappa shape index (κ1) is 36.2. The van der Waals surface area contributed by atoms with E-state index in [1.807, 2.05) is 0 Å². The molecule has 0 aromatic heterocycles. The van der Waals surface area contributed by atoms with E-state index >= 15 is 0 Å². The molecule has 2 aliphatic rings. The Balaban J connectivity index is 1.10. The minimum absolute atomic E-state index is 0.379. The van der Waals surface area contributed by atoms with E-state index in [1.54, 1.807) is 0 Å². The Kier molecular flexibility index (Phi) is 8.14. The van der Waals surface area contributed by atoms with E-state index in [-0.39, 0.29) is 5.41 Å². The van der Waals surface area contributed by atoms with Gasteiger partial charge in [-0.15, -0.1) is 0 Å². The smallest absolute Gasteiger partial charge is 0.0713 e. The van der Waals surface area contributed by atoms with E-state index in [0.29, 0.717) is 0 Å². The monoisotopic (exact) mass is 792 g/mol. The average Bonchev–Trinajstić information content (AvgIpc) is 3.63. The molecular formula is C60H44N2. The lowest BCUT2D eigenvalue weighted by Gasteiger charge is -2.44. The molecule has 10 aromatic rings. The molecule has 0 radical (unpaired) electrons. The molecule has 10 aromatic carbocycles. The second kappa shape index (κ2) is 13.9. The fourth-order valence-corrected chi connectivity index (χ4v) is 10.7. The first-order valence-corrected chi connectivity index (χ1v) is 21.7. The third-order valence-corrected chi connectivity index (χ3v) is 13.7. The molecule has 1 aliphatic heterocycles. The minimum Gasteiger partial charge on any atom is -0.310 e. The maximum absolute atomic E-state index is 2.54. The zero-order valence-corrected chi connectivity index (χ0v) is 34.8. The third-order valence-electron chi connectivity index (χ3n) is 13.7. The number of para-hydroxylation sites is 1. The largest absolute Gasteiger partial charge is 0.310 e. The summed E-state index contributed by atoms with van der Waals surface area (Å²) in [5.41, 5.74) is 16.4. The zero-order chi connectivity index (χ0) is 41.4. The van der Waals surface area contributed by atoms with Gasteiger partial charge in [-0.1, -0.05) is 184 Å². The van der Waals surface area contributed by atoms with Gasteiger partial charge in [-0.3, -0.25) is 0 Å². The Morgan fingerprint density at radius 1 is 0.339 bits per heavy atom. The van der Waals surface area contributed by atoms with Crippen molar-refractivity contribution in [1.29, 1.82) is 0 Å². The predicted molar refractivity (Wildman–Crippen MR) is 260 cm³/mol. The predicted octanol–water partition coefficient (Wildman–Crippen LogP) is 15.9. The molecule has 0 saturated heterocycles. The molecule has 0 N–H and O–H groups in total. The van der Waals surface area contributed by atoms with Crippen LogP contribution in [0.3, 0.4) is 0 Å². The third kappa shape index (κ3) is 5.36. The van der Waals surface area contributed by atoms with Gasteiger partial charge in [0.1, 0.15) is 0 Å². The highest BCUT2D eigenvalue weighted by molar-refractivity contribution is 5.95. The number of hydrogen-bond acceptors (Lipinski definition) is 2. The van der Waals surface area contributed by atoms with Gasteiger partial charge < -0.3 is 9.80 Å². The van der Waals surface area contributed by atoms with E-state index in [0.717, 1.165) is 22.7 Å². The number of hydrogen-bond donors (Lipinski definition) is 0. The van der Waals surface area contributed by atoms with Gasteiger partial charge in [-0.05, 0) is 127 Å². The van der Waals surface area contributed by atoms with Crippen molar-refractivity contribution < 1.29 is 0 Å². The van der Waals surface area contributed by atoms with Gasteiger partial charge >= 0.3 is 0 Å². The SMILES string of the molecule is CC1(C)c2cc(N(c3ccc4ccccc4c3)c3ccc4ccccc4c3)ccc2N(c2ccccc2)c2ccc(C3(c4ccccc4)c4ccccc4-c4ccccc43)cc21. The standard InChI is InChI=1S/C60H44N2/c1-59(2)55-39-46(60(45-21-5-3-6-22-45)53-27-15-13-25-51(53)52-26-14-16-28-54(52)60)31-35-57(55)62(47-23-7-4-8-24-47)58-36-34-50(40-56(58)59)61(48-32-29-41-17-9-11-19-43(41)37-48)49-33-30-42-18-10-12-20-44(42)38-49/h3-40H,1-2H3. The number of rotatable bonds is 6. The van der Waals surface area contributed by atoms with E-state index in [1.165, 1.54) is 77.4 Å². The van der Waals surface area contributed by atoms with E-state index in [4.69, 9.17) is 0 Å². The Labute approximate surface area is 363 Å². The topological polar surface area (TPSA) is 6.48 Å². The van der Waals surface area contributed by atoms with Crippen LogP contribution in [0.15, 0.2) is 231 Å². The van der Waals surface area contributed by atoms with Crippen LogP contribution in [-0.4, -0.2) is 0 Å². The normalized spacial score (nSPS) is 14.2. The van der Waals surface area contributed by atoms with E-state index < -0.39 is 5.41 Å². The lowest BCUT2D eigenvalue weighted by Crippen LogP contribution is -2.33. The van der Waals surface area contributed by atoms with Crippen molar-refractivity contribution in [2.45, 2.75) is 24.7 Å². The summed E-state index contributed by atoms with van der Waals surface area (Å²) in [6, 6.07) is 85.5. The van der Waals surface area contributed by atoms with Crippen LogP contribution >= 0.6 is 0 Å². The summed E-state index contributed by atoms with van der Waals surface area (Å²) in [4.78, 5) is 4.91.